The molecule has 0 aromatic carbocycles. The van der Waals surface area contributed by atoms with Gasteiger partial charge in [-0.2, -0.15) is 5.10 Å². The van der Waals surface area contributed by atoms with E-state index in [2.05, 4.69) is 24.6 Å². The van der Waals surface area contributed by atoms with Crippen molar-refractivity contribution in [1.29, 1.82) is 0 Å². The number of rotatable bonds is 2. The Bertz CT molecular complexity index is 702. The summed E-state index contributed by atoms with van der Waals surface area (Å²) >= 11 is 0. The lowest BCUT2D eigenvalue weighted by atomic mass is 9.46. The summed E-state index contributed by atoms with van der Waals surface area (Å²) in [4.78, 5) is 22.9. The van der Waals surface area contributed by atoms with Crippen LogP contribution < -0.4 is 0 Å². The van der Waals surface area contributed by atoms with Crippen molar-refractivity contribution >= 4 is 5.91 Å². The summed E-state index contributed by atoms with van der Waals surface area (Å²) < 4.78 is 2.11. The predicted molar refractivity (Wildman–Crippen MR) is 96.3 cm³/mol. The number of carbonyl (C=O) groups excluding carboxylic acids is 1. The first-order chi connectivity index (χ1) is 12.7. The molecule has 7 rings (SSSR count). The summed E-state index contributed by atoms with van der Waals surface area (Å²) in [6.45, 7) is 4.21. The molecule has 6 heteroatoms. The maximum atomic E-state index is 13.8. The first-order valence-corrected chi connectivity index (χ1v) is 10.5. The van der Waals surface area contributed by atoms with Crippen molar-refractivity contribution in [3.05, 3.63) is 12.7 Å². The van der Waals surface area contributed by atoms with Crippen molar-refractivity contribution in [2.45, 2.75) is 62.9 Å². The van der Waals surface area contributed by atoms with Crippen LogP contribution in [0, 0.1) is 17.3 Å². The van der Waals surface area contributed by atoms with Crippen LogP contribution in [0.25, 0.3) is 0 Å². The molecule has 1 amide bonds. The third-order valence-corrected chi connectivity index (χ3v) is 8.26. The normalized spacial score (nSPS) is 44.5. The van der Waals surface area contributed by atoms with Gasteiger partial charge in [0.2, 0.25) is 5.91 Å². The standard InChI is InChI=1S/C20H29N5O/c26-18(24-5-4-23-3-1-2-17(23)11-24)19-7-15-6-16(8-19)10-20(9-15,12-19)25-14-21-13-22-25/h13-17H,1-12H2. The largest absolute Gasteiger partial charge is 0.339 e. The smallest absolute Gasteiger partial charge is 0.228 e. The number of carbonyl (C=O) groups is 1. The summed E-state index contributed by atoms with van der Waals surface area (Å²) in [7, 11) is 0. The van der Waals surface area contributed by atoms with Gasteiger partial charge in [0.25, 0.3) is 0 Å². The number of fused-ring (bicyclic) bond motifs is 1. The van der Waals surface area contributed by atoms with Crippen LogP contribution in [0.2, 0.25) is 0 Å². The second-order valence-electron chi connectivity index (χ2n) is 9.89. The number of nitrogens with zero attached hydrogens (tertiary/aromatic N) is 5. The van der Waals surface area contributed by atoms with Gasteiger partial charge < -0.3 is 4.90 Å². The van der Waals surface area contributed by atoms with E-state index >= 15 is 0 Å². The lowest BCUT2D eigenvalue weighted by Gasteiger charge is -2.61. The first-order valence-electron chi connectivity index (χ1n) is 10.5. The fourth-order valence-corrected chi connectivity index (χ4v) is 7.70. The minimum atomic E-state index is -0.128. The molecule has 2 saturated heterocycles. The third-order valence-electron chi connectivity index (χ3n) is 8.26. The second-order valence-corrected chi connectivity index (χ2v) is 9.89. The highest BCUT2D eigenvalue weighted by Gasteiger charge is 2.62. The quantitative estimate of drug-likeness (QED) is 0.813. The molecule has 1 aromatic rings. The first kappa shape index (κ1) is 15.6. The molecule has 6 aliphatic rings. The van der Waals surface area contributed by atoms with E-state index in [9.17, 15) is 4.79 Å². The monoisotopic (exact) mass is 355 g/mol. The van der Waals surface area contributed by atoms with Crippen LogP contribution in [0.3, 0.4) is 0 Å². The molecule has 6 nitrogen and oxygen atoms in total. The third kappa shape index (κ3) is 2.11. The zero-order valence-corrected chi connectivity index (χ0v) is 15.5. The summed E-state index contributed by atoms with van der Waals surface area (Å²) in [5.74, 6) is 1.86. The zero-order valence-electron chi connectivity index (χ0n) is 15.5. The number of hydrogen-bond donors (Lipinski definition) is 0. The molecular formula is C20H29N5O. The molecule has 1 aromatic heterocycles. The van der Waals surface area contributed by atoms with Crippen molar-refractivity contribution < 1.29 is 4.79 Å². The molecule has 0 spiro atoms. The Morgan fingerprint density at radius 1 is 1.08 bits per heavy atom. The van der Waals surface area contributed by atoms with Gasteiger partial charge in [-0.05, 0) is 69.7 Å². The summed E-state index contributed by atoms with van der Waals surface area (Å²) in [6.07, 6.45) is 13.0. The molecule has 3 atom stereocenters. The Morgan fingerprint density at radius 2 is 1.92 bits per heavy atom. The lowest BCUT2D eigenvalue weighted by molar-refractivity contribution is -0.169. The second kappa shape index (κ2) is 5.31. The SMILES string of the molecule is O=C(N1CCN2CCCC2C1)C12CC3CC(C1)CC(n1cncn1)(C3)C2. The minimum absolute atomic E-state index is 0.0470. The molecule has 4 aliphatic carbocycles. The molecule has 3 heterocycles. The molecule has 26 heavy (non-hydrogen) atoms. The van der Waals surface area contributed by atoms with Crippen LogP contribution in [-0.2, 0) is 10.3 Å². The molecule has 6 fully saturated rings. The van der Waals surface area contributed by atoms with E-state index in [0.29, 0.717) is 23.8 Å². The van der Waals surface area contributed by atoms with Crippen molar-refractivity contribution in [2.75, 3.05) is 26.2 Å². The van der Waals surface area contributed by atoms with Gasteiger partial charge in [0.05, 0.1) is 11.0 Å². The molecule has 140 valence electrons. The van der Waals surface area contributed by atoms with Gasteiger partial charge in [-0.15, -0.1) is 0 Å². The Kier molecular flexibility index (Phi) is 3.19. The molecule has 2 aliphatic heterocycles. The van der Waals surface area contributed by atoms with E-state index in [4.69, 9.17) is 0 Å². The molecule has 4 saturated carbocycles. The Labute approximate surface area is 154 Å². The zero-order chi connectivity index (χ0) is 17.4. The fourth-order valence-electron chi connectivity index (χ4n) is 7.70. The highest BCUT2D eigenvalue weighted by Crippen LogP contribution is 2.64. The molecule has 4 bridgehead atoms. The van der Waals surface area contributed by atoms with Crippen LogP contribution in [0.4, 0.5) is 0 Å². The molecule has 0 radical (unpaired) electrons. The summed E-state index contributed by atoms with van der Waals surface area (Å²) in [6, 6.07) is 0.617. The van der Waals surface area contributed by atoms with E-state index in [1.54, 1.807) is 6.33 Å². The predicted octanol–water partition coefficient (Wildman–Crippen LogP) is 1.88. The van der Waals surface area contributed by atoms with Gasteiger partial charge in [0.1, 0.15) is 12.7 Å². The number of piperazine rings is 1. The van der Waals surface area contributed by atoms with Gasteiger partial charge in [-0.1, -0.05) is 0 Å². The minimum Gasteiger partial charge on any atom is -0.339 e. The van der Waals surface area contributed by atoms with E-state index in [1.807, 2.05) is 6.33 Å². The topological polar surface area (TPSA) is 54.3 Å². The van der Waals surface area contributed by atoms with Gasteiger partial charge in [0.15, 0.2) is 0 Å². The number of hydrogen-bond acceptors (Lipinski definition) is 4. The maximum Gasteiger partial charge on any atom is 0.228 e. The lowest BCUT2D eigenvalue weighted by Crippen LogP contribution is -2.63. The highest BCUT2D eigenvalue weighted by molar-refractivity contribution is 5.83. The van der Waals surface area contributed by atoms with Crippen LogP contribution in [-0.4, -0.2) is 62.7 Å². The van der Waals surface area contributed by atoms with Crippen LogP contribution in [0.15, 0.2) is 12.7 Å². The Hall–Kier alpha value is -1.43. The number of aromatic nitrogens is 3. The number of amides is 1. The van der Waals surface area contributed by atoms with Crippen LogP contribution >= 0.6 is 0 Å². The van der Waals surface area contributed by atoms with Crippen LogP contribution in [0.5, 0.6) is 0 Å². The average Bonchev–Trinajstić information content (AvgIpc) is 3.31. The van der Waals surface area contributed by atoms with Gasteiger partial charge >= 0.3 is 0 Å². The van der Waals surface area contributed by atoms with E-state index in [-0.39, 0.29) is 11.0 Å². The Morgan fingerprint density at radius 3 is 2.69 bits per heavy atom. The van der Waals surface area contributed by atoms with Gasteiger partial charge in [-0.25, -0.2) is 9.67 Å². The van der Waals surface area contributed by atoms with Gasteiger partial charge in [0, 0.05) is 25.7 Å². The summed E-state index contributed by atoms with van der Waals surface area (Å²) in [5, 5.41) is 4.53. The highest BCUT2D eigenvalue weighted by atomic mass is 16.2. The van der Waals surface area contributed by atoms with E-state index in [0.717, 1.165) is 38.9 Å². The summed E-state index contributed by atoms with van der Waals surface area (Å²) in [5.41, 5.74) is -0.0811. The molecular weight excluding hydrogens is 326 g/mol. The van der Waals surface area contributed by atoms with E-state index in [1.165, 1.54) is 38.6 Å². The van der Waals surface area contributed by atoms with Crippen LogP contribution in [0.1, 0.15) is 51.4 Å². The van der Waals surface area contributed by atoms with E-state index < -0.39 is 0 Å². The Balaban J connectivity index is 1.31. The van der Waals surface area contributed by atoms with Crippen molar-refractivity contribution in [3.8, 4) is 0 Å². The van der Waals surface area contributed by atoms with Crippen molar-refractivity contribution in [1.82, 2.24) is 24.6 Å². The maximum absolute atomic E-state index is 13.8. The molecule has 0 N–H and O–H groups in total. The average molecular weight is 355 g/mol. The van der Waals surface area contributed by atoms with Crippen molar-refractivity contribution in [2.24, 2.45) is 17.3 Å². The van der Waals surface area contributed by atoms with Gasteiger partial charge in [-0.3, -0.25) is 9.69 Å². The van der Waals surface area contributed by atoms with Crippen molar-refractivity contribution in [3.63, 3.8) is 0 Å². The molecule has 3 unspecified atom stereocenters. The fraction of sp³-hybridized carbons (Fsp3) is 0.850.